The first-order valence-electron chi connectivity index (χ1n) is 5.39. The quantitative estimate of drug-likeness (QED) is 0.862. The zero-order valence-corrected chi connectivity index (χ0v) is 9.80. The molecule has 16 heavy (non-hydrogen) atoms. The van der Waals surface area contributed by atoms with Gasteiger partial charge in [-0.15, -0.1) is 0 Å². The van der Waals surface area contributed by atoms with Crippen LogP contribution in [0.25, 0.3) is 0 Å². The first-order chi connectivity index (χ1) is 7.28. The van der Waals surface area contributed by atoms with Gasteiger partial charge in [0.15, 0.2) is 0 Å². The summed E-state index contributed by atoms with van der Waals surface area (Å²) in [6.45, 7) is 3.84. The molecule has 0 unspecified atom stereocenters. The van der Waals surface area contributed by atoms with E-state index < -0.39 is 11.8 Å². The average molecular weight is 229 g/mol. The summed E-state index contributed by atoms with van der Waals surface area (Å²) in [7, 11) is 1.65. The number of hydrogen-bond donors (Lipinski definition) is 1. The van der Waals surface area contributed by atoms with Crippen LogP contribution in [-0.4, -0.2) is 15.3 Å². The van der Waals surface area contributed by atoms with Gasteiger partial charge >= 0.3 is 0 Å². The fraction of sp³-hybridized carbons (Fsp3) is 0.727. The highest BCUT2D eigenvalue weighted by Crippen LogP contribution is 2.50. The normalized spacial score (nSPS) is 19.2. The summed E-state index contributed by atoms with van der Waals surface area (Å²) >= 11 is 0. The Morgan fingerprint density at radius 3 is 2.50 bits per heavy atom. The Balaban J connectivity index is 2.46. The Labute approximate surface area is 93.6 Å². The molecule has 1 aliphatic carbocycles. The number of halogens is 2. The van der Waals surface area contributed by atoms with Crippen LogP contribution in [0.1, 0.15) is 44.4 Å². The van der Waals surface area contributed by atoms with Gasteiger partial charge in [0.05, 0.1) is 0 Å². The summed E-state index contributed by atoms with van der Waals surface area (Å²) in [5.74, 6) is 0. The third kappa shape index (κ3) is 1.54. The second-order valence-electron chi connectivity index (χ2n) is 5.18. The van der Waals surface area contributed by atoms with Crippen LogP contribution in [0, 0.1) is 0 Å². The Morgan fingerprint density at radius 2 is 2.06 bits per heavy atom. The van der Waals surface area contributed by atoms with E-state index in [0.29, 0.717) is 5.56 Å². The van der Waals surface area contributed by atoms with E-state index in [1.807, 2.05) is 13.8 Å². The minimum absolute atomic E-state index is 0.135. The van der Waals surface area contributed by atoms with E-state index >= 15 is 0 Å². The molecule has 1 fully saturated rings. The maximum atomic E-state index is 12.9. The van der Waals surface area contributed by atoms with E-state index in [2.05, 4.69) is 5.10 Å². The molecule has 0 amide bonds. The van der Waals surface area contributed by atoms with Crippen LogP contribution in [0.4, 0.5) is 8.78 Å². The van der Waals surface area contributed by atoms with E-state index in [0.717, 1.165) is 12.8 Å². The fourth-order valence-electron chi connectivity index (χ4n) is 2.18. The largest absolute Gasteiger partial charge is 0.324 e. The van der Waals surface area contributed by atoms with Crippen molar-refractivity contribution in [3.05, 3.63) is 17.5 Å². The molecule has 1 saturated carbocycles. The van der Waals surface area contributed by atoms with Crippen molar-refractivity contribution in [2.75, 3.05) is 0 Å². The minimum Gasteiger partial charge on any atom is -0.324 e. The van der Waals surface area contributed by atoms with Crippen LogP contribution < -0.4 is 5.73 Å². The van der Waals surface area contributed by atoms with E-state index in [-0.39, 0.29) is 11.2 Å². The van der Waals surface area contributed by atoms with Gasteiger partial charge in [0.1, 0.15) is 5.69 Å². The second-order valence-corrected chi connectivity index (χ2v) is 5.18. The number of aromatic nitrogens is 2. The molecule has 0 aliphatic heterocycles. The van der Waals surface area contributed by atoms with Crippen molar-refractivity contribution in [1.82, 2.24) is 9.78 Å². The third-order valence-corrected chi connectivity index (χ3v) is 3.77. The monoisotopic (exact) mass is 229 g/mol. The van der Waals surface area contributed by atoms with E-state index in [9.17, 15) is 8.78 Å². The van der Waals surface area contributed by atoms with E-state index in [1.54, 1.807) is 13.2 Å². The molecule has 0 saturated heterocycles. The van der Waals surface area contributed by atoms with Crippen LogP contribution in [0.3, 0.4) is 0 Å². The van der Waals surface area contributed by atoms with Crippen molar-refractivity contribution in [1.29, 1.82) is 0 Å². The SMILES string of the molecule is Cn1cc(C(C)(C)C2(N)CC2)c(C(F)F)n1. The van der Waals surface area contributed by atoms with Gasteiger partial charge in [-0.2, -0.15) is 5.10 Å². The molecule has 0 bridgehead atoms. The highest BCUT2D eigenvalue weighted by molar-refractivity contribution is 5.35. The lowest BCUT2D eigenvalue weighted by Crippen LogP contribution is -2.43. The molecule has 0 spiro atoms. The number of aryl methyl sites for hydroxylation is 1. The van der Waals surface area contributed by atoms with Crippen LogP contribution >= 0.6 is 0 Å². The molecule has 1 aromatic rings. The van der Waals surface area contributed by atoms with Crippen LogP contribution in [0.5, 0.6) is 0 Å². The third-order valence-electron chi connectivity index (χ3n) is 3.77. The number of hydrogen-bond acceptors (Lipinski definition) is 2. The molecule has 2 rings (SSSR count). The Kier molecular flexibility index (Phi) is 2.35. The summed E-state index contributed by atoms with van der Waals surface area (Å²) < 4.78 is 27.2. The average Bonchev–Trinajstić information content (AvgIpc) is 2.78. The van der Waals surface area contributed by atoms with Gasteiger partial charge in [-0.25, -0.2) is 8.78 Å². The van der Waals surface area contributed by atoms with Gasteiger partial charge < -0.3 is 5.73 Å². The van der Waals surface area contributed by atoms with Gasteiger partial charge in [0, 0.05) is 29.8 Å². The summed E-state index contributed by atoms with van der Waals surface area (Å²) in [6, 6.07) is 0. The molecular formula is C11H17F2N3. The highest BCUT2D eigenvalue weighted by Gasteiger charge is 2.53. The molecule has 0 atom stereocenters. The smallest absolute Gasteiger partial charge is 0.282 e. The zero-order chi connectivity index (χ0) is 12.1. The minimum atomic E-state index is -2.54. The van der Waals surface area contributed by atoms with Crippen LogP contribution in [0.2, 0.25) is 0 Å². The Hall–Kier alpha value is -0.970. The summed E-state index contributed by atoms with van der Waals surface area (Å²) in [4.78, 5) is 0. The fourth-order valence-corrected chi connectivity index (χ4v) is 2.18. The van der Waals surface area contributed by atoms with E-state index in [4.69, 9.17) is 5.73 Å². The van der Waals surface area contributed by atoms with Crippen molar-refractivity contribution in [3.63, 3.8) is 0 Å². The predicted molar refractivity (Wildman–Crippen MR) is 57.3 cm³/mol. The lowest BCUT2D eigenvalue weighted by atomic mass is 9.76. The van der Waals surface area contributed by atoms with Crippen molar-refractivity contribution in [2.24, 2.45) is 12.8 Å². The van der Waals surface area contributed by atoms with Gasteiger partial charge in [-0.3, -0.25) is 4.68 Å². The second kappa shape index (κ2) is 3.26. The molecule has 1 heterocycles. The van der Waals surface area contributed by atoms with Crippen LogP contribution in [0.15, 0.2) is 6.20 Å². The van der Waals surface area contributed by atoms with Gasteiger partial charge in [-0.05, 0) is 12.8 Å². The van der Waals surface area contributed by atoms with Gasteiger partial charge in [-0.1, -0.05) is 13.8 Å². The Morgan fingerprint density at radius 1 is 1.50 bits per heavy atom. The summed E-state index contributed by atoms with van der Waals surface area (Å²) in [5, 5.41) is 3.83. The first-order valence-corrected chi connectivity index (χ1v) is 5.39. The molecule has 0 radical (unpaired) electrons. The van der Waals surface area contributed by atoms with Gasteiger partial charge in [0.2, 0.25) is 0 Å². The molecule has 3 nitrogen and oxygen atoms in total. The van der Waals surface area contributed by atoms with Crippen molar-refractivity contribution >= 4 is 0 Å². The molecule has 0 aromatic carbocycles. The number of rotatable bonds is 3. The number of nitrogens with two attached hydrogens (primary N) is 1. The van der Waals surface area contributed by atoms with Crippen molar-refractivity contribution in [3.8, 4) is 0 Å². The highest BCUT2D eigenvalue weighted by atomic mass is 19.3. The van der Waals surface area contributed by atoms with Crippen molar-refractivity contribution < 1.29 is 8.78 Å². The maximum Gasteiger partial charge on any atom is 0.282 e. The first kappa shape index (κ1) is 11.5. The predicted octanol–water partition coefficient (Wildman–Crippen LogP) is 2.13. The van der Waals surface area contributed by atoms with Crippen LogP contribution in [-0.2, 0) is 12.5 Å². The maximum absolute atomic E-state index is 12.9. The molecule has 90 valence electrons. The van der Waals surface area contributed by atoms with Crippen molar-refractivity contribution in [2.45, 2.75) is 44.1 Å². The zero-order valence-electron chi connectivity index (χ0n) is 9.80. The summed E-state index contributed by atoms with van der Waals surface area (Å²) in [5.41, 5.74) is 5.79. The molecule has 1 aliphatic rings. The van der Waals surface area contributed by atoms with Gasteiger partial charge in [0.25, 0.3) is 6.43 Å². The lowest BCUT2D eigenvalue weighted by molar-refractivity contribution is 0.141. The molecule has 2 N–H and O–H groups in total. The Bertz CT molecular complexity index is 405. The standard InChI is InChI=1S/C11H17F2N3/c1-10(2,11(14)4-5-11)7-6-16(3)15-8(7)9(12)13/h6,9H,4-5,14H2,1-3H3. The lowest BCUT2D eigenvalue weighted by Gasteiger charge is -2.31. The van der Waals surface area contributed by atoms with E-state index in [1.165, 1.54) is 4.68 Å². The summed E-state index contributed by atoms with van der Waals surface area (Å²) in [6.07, 6.45) is 0.890. The topological polar surface area (TPSA) is 43.8 Å². The molecule has 5 heteroatoms. The number of alkyl halides is 2. The molecule has 1 aromatic heterocycles. The molecular weight excluding hydrogens is 212 g/mol. The number of nitrogens with zero attached hydrogens (tertiary/aromatic N) is 2.